The molecule has 2 aromatic heterocycles. The molecule has 2 aromatic carbocycles. The fourth-order valence-electron chi connectivity index (χ4n) is 3.24. The first-order chi connectivity index (χ1) is 14.5. The molecule has 7 heteroatoms. The quantitative estimate of drug-likeness (QED) is 0.410. The topological polar surface area (TPSA) is 53.9 Å². The maximum Gasteiger partial charge on any atom is 0.228 e. The zero-order valence-electron chi connectivity index (χ0n) is 17.3. The molecule has 4 rings (SSSR count). The van der Waals surface area contributed by atoms with Crippen molar-refractivity contribution in [3.63, 3.8) is 0 Å². The van der Waals surface area contributed by atoms with E-state index < -0.39 is 0 Å². The summed E-state index contributed by atoms with van der Waals surface area (Å²) in [5.41, 5.74) is 4.23. The van der Waals surface area contributed by atoms with Gasteiger partial charge in [0.15, 0.2) is 10.6 Å². The van der Waals surface area contributed by atoms with Gasteiger partial charge in [-0.1, -0.05) is 47.7 Å². The normalized spacial score (nSPS) is 11.1. The molecule has 4 aromatic rings. The molecule has 0 atom stereocenters. The lowest BCUT2D eigenvalue weighted by atomic mass is 10.0. The van der Waals surface area contributed by atoms with Crippen LogP contribution in [0.2, 0.25) is 0 Å². The number of hydrogen-bond donors (Lipinski definition) is 1. The average molecular weight is 422 g/mol. The van der Waals surface area contributed by atoms with Gasteiger partial charge in [-0.2, -0.15) is 9.97 Å². The summed E-state index contributed by atoms with van der Waals surface area (Å²) < 4.78 is 13.1. The minimum absolute atomic E-state index is 0.214. The smallest absolute Gasteiger partial charge is 0.228 e. The van der Waals surface area contributed by atoms with Crippen LogP contribution in [0.25, 0.3) is 21.5 Å². The second-order valence-electron chi connectivity index (χ2n) is 7.39. The van der Waals surface area contributed by atoms with Crippen LogP contribution < -0.4 is 10.2 Å². The number of halogens is 1. The van der Waals surface area contributed by atoms with Gasteiger partial charge in [-0.25, -0.2) is 9.37 Å². The van der Waals surface area contributed by atoms with E-state index >= 15 is 0 Å². The minimum Gasteiger partial charge on any atom is -0.368 e. The maximum absolute atomic E-state index is 13.1. The van der Waals surface area contributed by atoms with Gasteiger partial charge >= 0.3 is 0 Å². The number of aryl methyl sites for hydroxylation is 2. The van der Waals surface area contributed by atoms with E-state index in [0.29, 0.717) is 5.95 Å². The Hall–Kier alpha value is -3.06. The monoisotopic (exact) mass is 421 g/mol. The standard InChI is InChI=1S/C23H24FN5S/c1-15-26-20-21(27-23(29(2)3)28-22(20)30-15)25-14-4-5-16-6-8-17(9-7-16)18-10-12-19(24)13-11-18/h6-13H,4-5,14H2,1-3H3,(H,25,27,28). The molecule has 0 amide bonds. The minimum atomic E-state index is -0.214. The number of rotatable bonds is 7. The van der Waals surface area contributed by atoms with Crippen molar-refractivity contribution in [3.8, 4) is 11.1 Å². The molecule has 0 aliphatic carbocycles. The summed E-state index contributed by atoms with van der Waals surface area (Å²) in [7, 11) is 3.88. The lowest BCUT2D eigenvalue weighted by Crippen LogP contribution is -2.14. The first kappa shape index (κ1) is 20.2. The van der Waals surface area contributed by atoms with Gasteiger partial charge in [-0.3, -0.25) is 0 Å². The summed E-state index contributed by atoms with van der Waals surface area (Å²) in [6.07, 6.45) is 1.93. The number of anilines is 2. The molecule has 0 aliphatic rings. The van der Waals surface area contributed by atoms with Crippen molar-refractivity contribution < 1.29 is 4.39 Å². The highest BCUT2D eigenvalue weighted by molar-refractivity contribution is 7.18. The van der Waals surface area contributed by atoms with Gasteiger partial charge in [-0.05, 0) is 48.6 Å². The Balaban J connectivity index is 1.37. The number of nitrogens with one attached hydrogen (secondary N) is 1. The molecular formula is C23H24FN5S. The predicted molar refractivity (Wildman–Crippen MR) is 123 cm³/mol. The summed E-state index contributed by atoms with van der Waals surface area (Å²) in [6.45, 7) is 2.79. The third kappa shape index (κ3) is 4.57. The van der Waals surface area contributed by atoms with Gasteiger partial charge in [0.2, 0.25) is 5.95 Å². The highest BCUT2D eigenvalue weighted by Gasteiger charge is 2.13. The lowest BCUT2D eigenvalue weighted by Gasteiger charge is -2.12. The Morgan fingerprint density at radius 1 is 0.933 bits per heavy atom. The molecule has 0 aliphatic heterocycles. The van der Waals surface area contributed by atoms with E-state index in [0.717, 1.165) is 51.7 Å². The second-order valence-corrected chi connectivity index (χ2v) is 8.57. The van der Waals surface area contributed by atoms with Crippen LogP contribution in [0.15, 0.2) is 48.5 Å². The molecule has 0 fully saturated rings. The molecule has 0 bridgehead atoms. The van der Waals surface area contributed by atoms with E-state index in [1.165, 1.54) is 17.7 Å². The summed E-state index contributed by atoms with van der Waals surface area (Å²) in [5.74, 6) is 1.26. The first-order valence-electron chi connectivity index (χ1n) is 9.91. The van der Waals surface area contributed by atoms with Gasteiger partial charge in [0.1, 0.15) is 11.3 Å². The Bertz CT molecular complexity index is 1140. The van der Waals surface area contributed by atoms with Gasteiger partial charge in [0.25, 0.3) is 0 Å². The molecule has 0 unspecified atom stereocenters. The van der Waals surface area contributed by atoms with Crippen molar-refractivity contribution in [2.24, 2.45) is 0 Å². The van der Waals surface area contributed by atoms with E-state index in [-0.39, 0.29) is 5.82 Å². The molecule has 30 heavy (non-hydrogen) atoms. The van der Waals surface area contributed by atoms with Crippen LogP contribution in [-0.4, -0.2) is 35.6 Å². The molecule has 0 saturated heterocycles. The van der Waals surface area contributed by atoms with Crippen LogP contribution in [0.5, 0.6) is 0 Å². The van der Waals surface area contributed by atoms with E-state index in [2.05, 4.69) is 44.5 Å². The van der Waals surface area contributed by atoms with Gasteiger partial charge in [0, 0.05) is 20.6 Å². The summed E-state index contributed by atoms with van der Waals surface area (Å²) in [6, 6.07) is 15.0. The SMILES string of the molecule is Cc1nc2c(NCCCc3ccc(-c4ccc(F)cc4)cc3)nc(N(C)C)nc2s1. The van der Waals surface area contributed by atoms with Crippen molar-refractivity contribution in [1.29, 1.82) is 0 Å². The van der Waals surface area contributed by atoms with Crippen molar-refractivity contribution in [2.45, 2.75) is 19.8 Å². The predicted octanol–water partition coefficient (Wildman–Crippen LogP) is 5.31. The van der Waals surface area contributed by atoms with Crippen LogP contribution in [0.1, 0.15) is 17.0 Å². The number of hydrogen-bond acceptors (Lipinski definition) is 6. The molecular weight excluding hydrogens is 397 g/mol. The van der Waals surface area contributed by atoms with Gasteiger partial charge < -0.3 is 10.2 Å². The molecule has 0 radical (unpaired) electrons. The zero-order chi connectivity index (χ0) is 21.1. The zero-order valence-corrected chi connectivity index (χ0v) is 18.1. The van der Waals surface area contributed by atoms with Crippen LogP contribution in [-0.2, 0) is 6.42 Å². The first-order valence-corrected chi connectivity index (χ1v) is 10.7. The largest absolute Gasteiger partial charge is 0.368 e. The van der Waals surface area contributed by atoms with E-state index in [1.807, 2.05) is 25.9 Å². The summed E-state index contributed by atoms with van der Waals surface area (Å²) in [5, 5.41) is 4.43. The Kier molecular flexibility index (Phi) is 5.90. The highest BCUT2D eigenvalue weighted by Crippen LogP contribution is 2.27. The second kappa shape index (κ2) is 8.75. The highest BCUT2D eigenvalue weighted by atomic mass is 32.1. The third-order valence-electron chi connectivity index (χ3n) is 4.82. The number of aromatic nitrogens is 3. The Labute approximate surface area is 179 Å². The lowest BCUT2D eigenvalue weighted by molar-refractivity contribution is 0.628. The number of benzene rings is 2. The van der Waals surface area contributed by atoms with E-state index in [4.69, 9.17) is 0 Å². The molecule has 0 spiro atoms. The number of thiazole rings is 1. The fraction of sp³-hybridized carbons (Fsp3) is 0.261. The molecule has 154 valence electrons. The molecule has 0 saturated carbocycles. The number of nitrogens with zero attached hydrogens (tertiary/aromatic N) is 4. The molecule has 5 nitrogen and oxygen atoms in total. The summed E-state index contributed by atoms with van der Waals surface area (Å²) in [4.78, 5) is 16.6. The Morgan fingerprint density at radius 3 is 2.27 bits per heavy atom. The van der Waals surface area contributed by atoms with E-state index in [1.54, 1.807) is 23.5 Å². The Morgan fingerprint density at radius 2 is 1.60 bits per heavy atom. The average Bonchev–Trinajstić information content (AvgIpc) is 3.12. The van der Waals surface area contributed by atoms with Crippen LogP contribution in [0.4, 0.5) is 16.2 Å². The van der Waals surface area contributed by atoms with Crippen LogP contribution in [0, 0.1) is 12.7 Å². The summed E-state index contributed by atoms with van der Waals surface area (Å²) >= 11 is 1.58. The van der Waals surface area contributed by atoms with Crippen molar-refractivity contribution in [3.05, 3.63) is 64.9 Å². The van der Waals surface area contributed by atoms with Gasteiger partial charge in [0.05, 0.1) is 5.01 Å². The number of fused-ring (bicyclic) bond motifs is 1. The van der Waals surface area contributed by atoms with Crippen LogP contribution in [0.3, 0.4) is 0 Å². The van der Waals surface area contributed by atoms with Crippen LogP contribution >= 0.6 is 11.3 Å². The van der Waals surface area contributed by atoms with Gasteiger partial charge in [-0.15, -0.1) is 0 Å². The maximum atomic E-state index is 13.1. The molecule has 2 heterocycles. The third-order valence-corrected chi connectivity index (χ3v) is 5.68. The fourth-order valence-corrected chi connectivity index (χ4v) is 4.03. The molecule has 1 N–H and O–H groups in total. The van der Waals surface area contributed by atoms with E-state index in [9.17, 15) is 4.39 Å². The van der Waals surface area contributed by atoms with Crippen molar-refractivity contribution in [2.75, 3.05) is 30.9 Å². The van der Waals surface area contributed by atoms with Crippen molar-refractivity contribution in [1.82, 2.24) is 15.0 Å². The van der Waals surface area contributed by atoms with Crippen molar-refractivity contribution >= 4 is 33.5 Å².